The maximum absolute atomic E-state index is 5.39. The summed E-state index contributed by atoms with van der Waals surface area (Å²) in [4.78, 5) is 0. The lowest BCUT2D eigenvalue weighted by molar-refractivity contribution is 0.000267. The molecule has 0 radical (unpaired) electrons. The minimum absolute atomic E-state index is 0.520. The zero-order valence-electron chi connectivity index (χ0n) is 11.3. The van der Waals surface area contributed by atoms with Crippen molar-refractivity contribution in [2.45, 2.75) is 52.8 Å². The molecule has 0 saturated carbocycles. The standard InChI is InChI=1S/C7H14O.C6H14N2/c1-6-3-4-7(2)8-5-6;1-5-3-7-6(2)8-4-5/h6-7H,3-5H2,1-2H3;5-8H,3-4H2,1-2H3. The molecule has 2 fully saturated rings. The van der Waals surface area contributed by atoms with Gasteiger partial charge in [0.05, 0.1) is 12.3 Å². The van der Waals surface area contributed by atoms with Crippen molar-refractivity contribution in [3.8, 4) is 0 Å². The normalized spacial score (nSPS) is 39.8. The van der Waals surface area contributed by atoms with Crippen molar-refractivity contribution < 1.29 is 4.74 Å². The quantitative estimate of drug-likeness (QED) is 0.665. The maximum atomic E-state index is 5.39. The number of rotatable bonds is 0. The molecule has 3 heteroatoms. The predicted molar refractivity (Wildman–Crippen MR) is 68.4 cm³/mol. The summed E-state index contributed by atoms with van der Waals surface area (Å²) in [6.45, 7) is 12.1. The van der Waals surface area contributed by atoms with E-state index in [1.165, 1.54) is 12.8 Å². The molecule has 2 aliphatic heterocycles. The highest BCUT2D eigenvalue weighted by Gasteiger charge is 2.13. The van der Waals surface area contributed by atoms with Crippen LogP contribution in [-0.4, -0.2) is 32.0 Å². The van der Waals surface area contributed by atoms with E-state index >= 15 is 0 Å². The third kappa shape index (κ3) is 5.83. The Morgan fingerprint density at radius 1 is 0.875 bits per heavy atom. The van der Waals surface area contributed by atoms with Crippen molar-refractivity contribution in [3.05, 3.63) is 0 Å². The van der Waals surface area contributed by atoms with Crippen LogP contribution in [0.2, 0.25) is 0 Å². The number of nitrogens with one attached hydrogen (secondary N) is 2. The van der Waals surface area contributed by atoms with Gasteiger partial charge in [-0.15, -0.1) is 0 Å². The largest absolute Gasteiger partial charge is 0.378 e. The third-order valence-corrected chi connectivity index (χ3v) is 3.28. The van der Waals surface area contributed by atoms with Gasteiger partial charge in [0, 0.05) is 19.7 Å². The Morgan fingerprint density at radius 3 is 1.88 bits per heavy atom. The molecule has 2 heterocycles. The van der Waals surface area contributed by atoms with Crippen LogP contribution in [0.15, 0.2) is 0 Å². The first-order valence-corrected chi connectivity index (χ1v) is 6.66. The highest BCUT2D eigenvalue weighted by atomic mass is 16.5. The first-order valence-electron chi connectivity index (χ1n) is 6.66. The Hall–Kier alpha value is -0.120. The van der Waals surface area contributed by atoms with E-state index in [0.717, 1.165) is 31.5 Å². The number of hydrogen-bond donors (Lipinski definition) is 2. The molecule has 16 heavy (non-hydrogen) atoms. The number of hydrogen-bond acceptors (Lipinski definition) is 3. The SMILES string of the molecule is CC1CCC(C)OC1.CC1CNC(C)NC1. The van der Waals surface area contributed by atoms with Gasteiger partial charge in [-0.3, -0.25) is 0 Å². The lowest BCUT2D eigenvalue weighted by Gasteiger charge is -2.26. The van der Waals surface area contributed by atoms with E-state index in [0.29, 0.717) is 12.3 Å². The molecule has 0 aromatic carbocycles. The van der Waals surface area contributed by atoms with E-state index in [4.69, 9.17) is 4.74 Å². The Balaban J connectivity index is 0.000000160. The van der Waals surface area contributed by atoms with Crippen molar-refractivity contribution in [3.63, 3.8) is 0 Å². The summed E-state index contributed by atoms with van der Waals surface area (Å²) in [6, 6.07) is 0. The molecule has 0 aliphatic carbocycles. The van der Waals surface area contributed by atoms with Crippen LogP contribution < -0.4 is 10.6 Å². The lowest BCUT2D eigenvalue weighted by Crippen LogP contribution is -2.50. The van der Waals surface area contributed by atoms with Gasteiger partial charge in [0.25, 0.3) is 0 Å². The Kier molecular flexibility index (Phi) is 6.32. The van der Waals surface area contributed by atoms with Crippen LogP contribution in [0, 0.1) is 11.8 Å². The maximum Gasteiger partial charge on any atom is 0.0547 e. The second kappa shape index (κ2) is 7.25. The molecule has 0 amide bonds. The fourth-order valence-electron chi connectivity index (χ4n) is 1.91. The highest BCUT2D eigenvalue weighted by molar-refractivity contribution is 4.70. The molecule has 2 unspecified atom stereocenters. The first kappa shape index (κ1) is 13.9. The molecule has 2 saturated heterocycles. The minimum Gasteiger partial charge on any atom is -0.378 e. The first-order chi connectivity index (χ1) is 7.58. The summed E-state index contributed by atoms with van der Waals surface area (Å²) in [6.07, 6.45) is 3.64. The van der Waals surface area contributed by atoms with Gasteiger partial charge in [-0.2, -0.15) is 0 Å². The average molecular weight is 228 g/mol. The Morgan fingerprint density at radius 2 is 1.50 bits per heavy atom. The molecule has 0 aromatic heterocycles. The summed E-state index contributed by atoms with van der Waals surface area (Å²) in [5, 5.41) is 6.64. The van der Waals surface area contributed by atoms with Crippen LogP contribution >= 0.6 is 0 Å². The smallest absolute Gasteiger partial charge is 0.0547 e. The van der Waals surface area contributed by atoms with Crippen LogP contribution in [-0.2, 0) is 4.74 Å². The average Bonchev–Trinajstić information content (AvgIpc) is 2.28. The Bertz CT molecular complexity index is 131. The van der Waals surface area contributed by atoms with E-state index in [1.54, 1.807) is 0 Å². The molecular formula is C13H28N2O. The van der Waals surface area contributed by atoms with Gasteiger partial charge in [0.1, 0.15) is 0 Å². The van der Waals surface area contributed by atoms with Gasteiger partial charge in [-0.1, -0.05) is 13.8 Å². The summed E-state index contributed by atoms with van der Waals surface area (Å²) in [5.74, 6) is 1.59. The summed E-state index contributed by atoms with van der Waals surface area (Å²) in [7, 11) is 0. The van der Waals surface area contributed by atoms with Gasteiger partial charge >= 0.3 is 0 Å². The van der Waals surface area contributed by atoms with Crippen molar-refractivity contribution >= 4 is 0 Å². The van der Waals surface area contributed by atoms with Gasteiger partial charge in [0.15, 0.2) is 0 Å². The van der Waals surface area contributed by atoms with Crippen molar-refractivity contribution in [1.82, 2.24) is 10.6 Å². The molecule has 2 N–H and O–H groups in total. The Labute approximate surface area is 100 Å². The number of ether oxygens (including phenoxy) is 1. The molecular weight excluding hydrogens is 200 g/mol. The zero-order valence-corrected chi connectivity index (χ0v) is 11.3. The van der Waals surface area contributed by atoms with Gasteiger partial charge in [0.2, 0.25) is 0 Å². The fourth-order valence-corrected chi connectivity index (χ4v) is 1.91. The van der Waals surface area contributed by atoms with Crippen LogP contribution in [0.3, 0.4) is 0 Å². The van der Waals surface area contributed by atoms with E-state index in [2.05, 4.69) is 38.3 Å². The van der Waals surface area contributed by atoms with Crippen molar-refractivity contribution in [2.24, 2.45) is 11.8 Å². The molecule has 0 aromatic rings. The van der Waals surface area contributed by atoms with Crippen molar-refractivity contribution in [1.29, 1.82) is 0 Å². The second-order valence-corrected chi connectivity index (χ2v) is 5.47. The predicted octanol–water partition coefficient (Wildman–Crippen LogP) is 1.98. The van der Waals surface area contributed by atoms with Crippen LogP contribution in [0.4, 0.5) is 0 Å². The van der Waals surface area contributed by atoms with Gasteiger partial charge < -0.3 is 15.4 Å². The molecule has 2 rings (SSSR count). The van der Waals surface area contributed by atoms with E-state index in [9.17, 15) is 0 Å². The topological polar surface area (TPSA) is 33.3 Å². The lowest BCUT2D eigenvalue weighted by atomic mass is 10.0. The molecule has 2 atom stereocenters. The van der Waals surface area contributed by atoms with Crippen molar-refractivity contribution in [2.75, 3.05) is 19.7 Å². The van der Waals surface area contributed by atoms with E-state index in [-0.39, 0.29) is 0 Å². The fraction of sp³-hybridized carbons (Fsp3) is 1.00. The van der Waals surface area contributed by atoms with Gasteiger partial charge in [-0.05, 0) is 38.5 Å². The third-order valence-electron chi connectivity index (χ3n) is 3.28. The van der Waals surface area contributed by atoms with Crippen LogP contribution in [0.1, 0.15) is 40.5 Å². The minimum atomic E-state index is 0.520. The zero-order chi connectivity index (χ0) is 12.0. The molecule has 0 spiro atoms. The second-order valence-electron chi connectivity index (χ2n) is 5.47. The highest BCUT2D eigenvalue weighted by Crippen LogP contribution is 2.16. The molecule has 3 nitrogen and oxygen atoms in total. The van der Waals surface area contributed by atoms with E-state index < -0.39 is 0 Å². The summed E-state index contributed by atoms with van der Waals surface area (Å²) >= 11 is 0. The summed E-state index contributed by atoms with van der Waals surface area (Å²) in [5.41, 5.74) is 0. The van der Waals surface area contributed by atoms with Crippen LogP contribution in [0.5, 0.6) is 0 Å². The monoisotopic (exact) mass is 228 g/mol. The van der Waals surface area contributed by atoms with Gasteiger partial charge in [-0.25, -0.2) is 0 Å². The molecule has 2 aliphatic rings. The summed E-state index contributed by atoms with van der Waals surface area (Å²) < 4.78 is 5.39. The molecule has 96 valence electrons. The van der Waals surface area contributed by atoms with E-state index in [1.807, 2.05) is 0 Å². The van der Waals surface area contributed by atoms with Crippen LogP contribution in [0.25, 0.3) is 0 Å². The molecule has 0 bridgehead atoms.